The summed E-state index contributed by atoms with van der Waals surface area (Å²) in [6.07, 6.45) is 0. The van der Waals surface area contributed by atoms with Crippen LogP contribution >= 0.6 is 0 Å². The van der Waals surface area contributed by atoms with E-state index in [4.69, 9.17) is 0 Å². The second-order valence-corrected chi connectivity index (χ2v) is 6.64. The van der Waals surface area contributed by atoms with Gasteiger partial charge in [-0.15, -0.1) is 0 Å². The Kier molecular flexibility index (Phi) is 1.43. The zero-order valence-corrected chi connectivity index (χ0v) is 11.0. The molecule has 2 aliphatic carbocycles. The molecule has 0 spiro atoms. The highest BCUT2D eigenvalue weighted by Crippen LogP contribution is 2.95. The summed E-state index contributed by atoms with van der Waals surface area (Å²) in [5, 5.41) is 3.48. The standard InChI is InChI=1S/C15H20N2/c1-9(2)14(3)12-13(15(12,14)4)17-11-8-6-5-7-10(11)16-17/h5-9,12-13,16H,1-4H3. The molecule has 0 amide bonds. The van der Waals surface area contributed by atoms with Crippen LogP contribution in [0.4, 0.5) is 0 Å². The molecule has 2 saturated carbocycles. The molecule has 0 bridgehead atoms. The number of rotatable bonds is 2. The molecular weight excluding hydrogens is 208 g/mol. The zero-order chi connectivity index (χ0) is 12.0. The van der Waals surface area contributed by atoms with Crippen molar-refractivity contribution < 1.29 is 0 Å². The van der Waals surface area contributed by atoms with Crippen LogP contribution in [0.5, 0.6) is 0 Å². The van der Waals surface area contributed by atoms with E-state index in [0.717, 1.165) is 17.9 Å². The maximum Gasteiger partial charge on any atom is 0.0825 e. The molecule has 1 aromatic heterocycles. The van der Waals surface area contributed by atoms with Crippen molar-refractivity contribution in [1.82, 2.24) is 9.78 Å². The number of para-hydroxylation sites is 2. The number of hydrogen-bond acceptors (Lipinski definition) is 0. The van der Waals surface area contributed by atoms with E-state index < -0.39 is 0 Å². The fourth-order valence-corrected chi connectivity index (χ4v) is 4.47. The van der Waals surface area contributed by atoms with Gasteiger partial charge in [0.05, 0.1) is 17.1 Å². The highest BCUT2D eigenvalue weighted by molar-refractivity contribution is 5.77. The molecule has 4 atom stereocenters. The number of fused-ring (bicyclic) bond motifs is 2. The summed E-state index contributed by atoms with van der Waals surface area (Å²) in [4.78, 5) is 0. The van der Waals surface area contributed by atoms with Gasteiger partial charge in [0.1, 0.15) is 0 Å². The van der Waals surface area contributed by atoms with Crippen molar-refractivity contribution in [2.24, 2.45) is 22.7 Å². The van der Waals surface area contributed by atoms with Gasteiger partial charge >= 0.3 is 0 Å². The number of nitrogens with zero attached hydrogens (tertiary/aromatic N) is 1. The first kappa shape index (κ1) is 9.81. The predicted octanol–water partition coefficient (Wildman–Crippen LogP) is 3.82. The van der Waals surface area contributed by atoms with E-state index in [9.17, 15) is 0 Å². The van der Waals surface area contributed by atoms with Gasteiger partial charge in [0.15, 0.2) is 0 Å². The number of H-pyrrole nitrogens is 1. The van der Waals surface area contributed by atoms with Crippen LogP contribution < -0.4 is 0 Å². The summed E-state index contributed by atoms with van der Waals surface area (Å²) in [5.41, 5.74) is 3.79. The molecule has 2 fully saturated rings. The summed E-state index contributed by atoms with van der Waals surface area (Å²) < 4.78 is 2.39. The van der Waals surface area contributed by atoms with Crippen LogP contribution in [0.15, 0.2) is 24.3 Å². The van der Waals surface area contributed by atoms with Crippen molar-refractivity contribution in [3.05, 3.63) is 24.3 Å². The first-order valence-electron chi connectivity index (χ1n) is 6.68. The maximum absolute atomic E-state index is 3.48. The minimum atomic E-state index is 0.543. The van der Waals surface area contributed by atoms with E-state index in [-0.39, 0.29) is 0 Å². The van der Waals surface area contributed by atoms with Crippen LogP contribution in [-0.2, 0) is 0 Å². The number of aromatic nitrogens is 2. The van der Waals surface area contributed by atoms with Gasteiger partial charge in [0.2, 0.25) is 0 Å². The van der Waals surface area contributed by atoms with Gasteiger partial charge in [-0.1, -0.05) is 39.8 Å². The van der Waals surface area contributed by atoms with Crippen molar-refractivity contribution >= 4 is 11.0 Å². The van der Waals surface area contributed by atoms with E-state index in [2.05, 4.69) is 61.7 Å². The van der Waals surface area contributed by atoms with Crippen LogP contribution in [-0.4, -0.2) is 9.78 Å². The van der Waals surface area contributed by atoms with E-state index in [1.807, 2.05) is 0 Å². The molecule has 4 rings (SSSR count). The average Bonchev–Trinajstić information content (AvgIpc) is 3.04. The molecule has 0 saturated heterocycles. The molecule has 90 valence electrons. The molecule has 1 N–H and O–H groups in total. The van der Waals surface area contributed by atoms with E-state index >= 15 is 0 Å². The first-order valence-corrected chi connectivity index (χ1v) is 6.68. The van der Waals surface area contributed by atoms with E-state index in [1.165, 1.54) is 11.0 Å². The Balaban J connectivity index is 1.67. The molecule has 2 heteroatoms. The predicted molar refractivity (Wildman–Crippen MR) is 69.9 cm³/mol. The zero-order valence-electron chi connectivity index (χ0n) is 11.0. The lowest BCUT2D eigenvalue weighted by molar-refractivity contribution is 0.184. The number of benzene rings is 1. The van der Waals surface area contributed by atoms with Crippen LogP contribution in [0, 0.1) is 22.7 Å². The lowest BCUT2D eigenvalue weighted by atomic mass is 9.78. The van der Waals surface area contributed by atoms with Crippen molar-refractivity contribution in [3.63, 3.8) is 0 Å². The minimum absolute atomic E-state index is 0.543. The Labute approximate surface area is 102 Å². The summed E-state index contributed by atoms with van der Waals surface area (Å²) >= 11 is 0. The molecule has 1 heterocycles. The third-order valence-electron chi connectivity index (χ3n) is 6.07. The largest absolute Gasteiger partial charge is 0.296 e. The van der Waals surface area contributed by atoms with Crippen LogP contribution in [0.3, 0.4) is 0 Å². The molecule has 2 nitrogen and oxygen atoms in total. The highest BCUT2D eigenvalue weighted by Gasteiger charge is 2.92. The summed E-state index contributed by atoms with van der Waals surface area (Å²) in [6.45, 7) is 9.66. The first-order chi connectivity index (χ1) is 8.03. The van der Waals surface area contributed by atoms with Crippen molar-refractivity contribution in [3.8, 4) is 0 Å². The van der Waals surface area contributed by atoms with E-state index in [1.54, 1.807) is 0 Å². The summed E-state index contributed by atoms with van der Waals surface area (Å²) in [5.74, 6) is 1.68. The molecular formula is C15H20N2. The highest BCUT2D eigenvalue weighted by atomic mass is 15.4. The second-order valence-electron chi connectivity index (χ2n) is 6.64. The van der Waals surface area contributed by atoms with Gasteiger partial charge in [0, 0.05) is 5.41 Å². The number of aromatic amines is 1. The molecule has 1 aromatic carbocycles. The Morgan fingerprint density at radius 2 is 1.88 bits per heavy atom. The second kappa shape index (κ2) is 2.47. The Morgan fingerprint density at radius 3 is 2.47 bits per heavy atom. The van der Waals surface area contributed by atoms with Crippen molar-refractivity contribution in [2.75, 3.05) is 0 Å². The van der Waals surface area contributed by atoms with Crippen LogP contribution in [0.25, 0.3) is 11.0 Å². The topological polar surface area (TPSA) is 20.7 Å². The molecule has 2 aromatic rings. The lowest BCUT2D eigenvalue weighted by Gasteiger charge is -2.33. The van der Waals surface area contributed by atoms with Gasteiger partial charge < -0.3 is 0 Å². The fourth-order valence-electron chi connectivity index (χ4n) is 4.47. The lowest BCUT2D eigenvalue weighted by Crippen LogP contribution is -2.28. The van der Waals surface area contributed by atoms with Crippen molar-refractivity contribution in [2.45, 2.75) is 33.7 Å². The molecule has 2 aliphatic rings. The van der Waals surface area contributed by atoms with Gasteiger partial charge in [-0.2, -0.15) is 0 Å². The molecule has 4 unspecified atom stereocenters. The van der Waals surface area contributed by atoms with Gasteiger partial charge in [-0.25, -0.2) is 0 Å². The molecule has 0 aliphatic heterocycles. The van der Waals surface area contributed by atoms with Crippen LogP contribution in [0.1, 0.15) is 33.7 Å². The Hall–Kier alpha value is -1.18. The minimum Gasteiger partial charge on any atom is -0.296 e. The summed E-state index contributed by atoms with van der Waals surface area (Å²) in [7, 11) is 0. The number of hydrogen-bond donors (Lipinski definition) is 1. The summed E-state index contributed by atoms with van der Waals surface area (Å²) in [6, 6.07) is 9.33. The molecule has 0 radical (unpaired) electrons. The SMILES string of the molecule is CC(C)C1(C)C2C(n3[nH]c4ccccc43)C21C. The van der Waals surface area contributed by atoms with Crippen molar-refractivity contribution in [1.29, 1.82) is 0 Å². The van der Waals surface area contributed by atoms with Gasteiger partial charge in [-0.3, -0.25) is 9.78 Å². The third-order valence-corrected chi connectivity index (χ3v) is 6.07. The third kappa shape index (κ3) is 0.810. The van der Waals surface area contributed by atoms with Gasteiger partial charge in [-0.05, 0) is 29.4 Å². The Bertz CT molecular complexity index is 605. The molecule has 17 heavy (non-hydrogen) atoms. The smallest absolute Gasteiger partial charge is 0.0825 e. The number of nitrogens with one attached hydrogen (secondary N) is 1. The maximum atomic E-state index is 3.48. The van der Waals surface area contributed by atoms with Gasteiger partial charge in [0.25, 0.3) is 0 Å². The van der Waals surface area contributed by atoms with Crippen LogP contribution in [0.2, 0.25) is 0 Å². The average molecular weight is 228 g/mol. The quantitative estimate of drug-likeness (QED) is 0.806. The monoisotopic (exact) mass is 228 g/mol. The van der Waals surface area contributed by atoms with E-state index in [0.29, 0.717) is 10.8 Å². The fraction of sp³-hybridized carbons (Fsp3) is 0.600. The Morgan fingerprint density at radius 1 is 1.24 bits per heavy atom. The normalized spacial score (nSPS) is 43.1.